The molecule has 7 heteroatoms. The minimum absolute atomic E-state index is 0.00366. The fourth-order valence-electron chi connectivity index (χ4n) is 2.72. The van der Waals surface area contributed by atoms with Crippen molar-refractivity contribution >= 4 is 5.91 Å². The molecular weight excluding hydrogens is 272 g/mol. The topological polar surface area (TPSA) is 110 Å². The van der Waals surface area contributed by atoms with Crippen LogP contribution in [0.15, 0.2) is 10.9 Å². The largest absolute Gasteiger partial charge is 0.380 e. The van der Waals surface area contributed by atoms with E-state index in [-0.39, 0.29) is 36.1 Å². The number of rotatable bonds is 4. The van der Waals surface area contributed by atoms with Gasteiger partial charge in [-0.2, -0.15) is 0 Å². The Labute approximate surface area is 123 Å². The van der Waals surface area contributed by atoms with Gasteiger partial charge in [-0.15, -0.1) is 0 Å². The first-order valence-corrected chi connectivity index (χ1v) is 7.12. The van der Waals surface area contributed by atoms with Crippen LogP contribution in [0.2, 0.25) is 0 Å². The number of carbonyl (C=O) groups is 1. The molecule has 1 amide bonds. The summed E-state index contributed by atoms with van der Waals surface area (Å²) in [5, 5.41) is 2.83. The maximum absolute atomic E-state index is 12.2. The molecule has 4 N–H and O–H groups in total. The molecule has 0 aromatic carbocycles. The Hall–Kier alpha value is -1.73. The number of nitrogens with two attached hydrogens (primary N) is 1. The average molecular weight is 294 g/mol. The number of hydrogen-bond acceptors (Lipinski definition) is 5. The monoisotopic (exact) mass is 294 g/mol. The van der Waals surface area contributed by atoms with Crippen LogP contribution in [-0.2, 0) is 16.1 Å². The normalized spacial score (nSPS) is 25.6. The van der Waals surface area contributed by atoms with E-state index in [1.54, 1.807) is 14.0 Å². The Morgan fingerprint density at radius 3 is 3.00 bits per heavy atom. The van der Waals surface area contributed by atoms with Crippen LogP contribution in [0, 0.1) is 12.8 Å². The van der Waals surface area contributed by atoms with E-state index >= 15 is 0 Å². The molecule has 0 unspecified atom stereocenters. The molecule has 7 nitrogen and oxygen atoms in total. The van der Waals surface area contributed by atoms with E-state index < -0.39 is 0 Å². The van der Waals surface area contributed by atoms with Gasteiger partial charge in [0, 0.05) is 25.1 Å². The van der Waals surface area contributed by atoms with Crippen molar-refractivity contribution in [1.29, 1.82) is 0 Å². The number of methoxy groups -OCH3 is 1. The number of nitrogens with one attached hydrogen (secondary N) is 2. The molecule has 0 spiro atoms. The molecule has 1 aliphatic rings. The zero-order chi connectivity index (χ0) is 15.4. The van der Waals surface area contributed by atoms with Crippen LogP contribution in [0.3, 0.4) is 0 Å². The van der Waals surface area contributed by atoms with Crippen molar-refractivity contribution in [2.75, 3.05) is 7.11 Å². The first-order chi connectivity index (χ1) is 9.99. The Balaban J connectivity index is 1.91. The molecule has 3 atom stereocenters. The predicted molar refractivity (Wildman–Crippen MR) is 77.6 cm³/mol. The van der Waals surface area contributed by atoms with Crippen molar-refractivity contribution in [2.45, 2.75) is 44.9 Å². The number of carbonyl (C=O) groups excluding carboxylic acids is 1. The lowest BCUT2D eigenvalue weighted by Gasteiger charge is -2.32. The molecule has 0 bridgehead atoms. The Morgan fingerprint density at radius 1 is 1.57 bits per heavy atom. The van der Waals surface area contributed by atoms with Gasteiger partial charge in [0.15, 0.2) is 0 Å². The van der Waals surface area contributed by atoms with Crippen molar-refractivity contribution in [1.82, 2.24) is 15.3 Å². The van der Waals surface area contributed by atoms with Crippen LogP contribution in [0.1, 0.15) is 30.8 Å². The van der Waals surface area contributed by atoms with Crippen LogP contribution < -0.4 is 16.6 Å². The summed E-state index contributed by atoms with van der Waals surface area (Å²) < 4.78 is 5.32. The molecule has 1 heterocycles. The predicted octanol–water partition coefficient (Wildman–Crippen LogP) is -0.163. The van der Waals surface area contributed by atoms with Gasteiger partial charge in [-0.05, 0) is 26.2 Å². The van der Waals surface area contributed by atoms with E-state index in [1.807, 2.05) is 0 Å². The summed E-state index contributed by atoms with van der Waals surface area (Å²) in [4.78, 5) is 30.3. The third kappa shape index (κ3) is 4.12. The van der Waals surface area contributed by atoms with Gasteiger partial charge in [-0.3, -0.25) is 9.59 Å². The smallest absolute Gasteiger partial charge is 0.251 e. The van der Waals surface area contributed by atoms with E-state index in [1.165, 1.54) is 6.07 Å². The summed E-state index contributed by atoms with van der Waals surface area (Å²) in [5.41, 5.74) is 6.29. The molecule has 1 aliphatic carbocycles. The molecule has 0 saturated heterocycles. The summed E-state index contributed by atoms with van der Waals surface area (Å²) in [6, 6.07) is 1.39. The molecule has 116 valence electrons. The standard InChI is InChI=1S/C14H22N4O3/c1-8-17-10(6-13(19)18-8)7-16-14(20)9-3-4-11(15)12(5-9)21-2/h6,9,11-12H,3-5,7,15H2,1-2H3,(H,16,20)(H,17,18,19)/t9-,11+,12+/m0/s1. The number of aryl methyl sites for hydroxylation is 1. The molecule has 1 fully saturated rings. The van der Waals surface area contributed by atoms with E-state index in [2.05, 4.69) is 15.3 Å². The molecule has 0 radical (unpaired) electrons. The van der Waals surface area contributed by atoms with Crippen LogP contribution in [0.4, 0.5) is 0 Å². The second kappa shape index (κ2) is 6.82. The molecule has 1 saturated carbocycles. The lowest BCUT2D eigenvalue weighted by Crippen LogP contribution is -2.45. The van der Waals surface area contributed by atoms with Crippen LogP contribution in [0.5, 0.6) is 0 Å². The second-order valence-electron chi connectivity index (χ2n) is 5.49. The summed E-state index contributed by atoms with van der Waals surface area (Å²) in [6.07, 6.45) is 2.09. The number of aromatic amines is 1. The molecule has 1 aromatic rings. The zero-order valence-corrected chi connectivity index (χ0v) is 12.4. The van der Waals surface area contributed by atoms with Gasteiger partial charge in [-0.25, -0.2) is 4.98 Å². The Bertz CT molecular complexity index is 557. The first-order valence-electron chi connectivity index (χ1n) is 7.12. The number of aromatic nitrogens is 2. The van der Waals surface area contributed by atoms with E-state index in [4.69, 9.17) is 10.5 Å². The molecule has 1 aromatic heterocycles. The SMILES string of the molecule is CO[C@@H]1C[C@@H](C(=O)NCc2cc(=O)[nH]c(C)n2)CC[C@H]1N. The highest BCUT2D eigenvalue weighted by molar-refractivity contribution is 5.78. The van der Waals surface area contributed by atoms with Gasteiger partial charge in [0.05, 0.1) is 18.3 Å². The maximum Gasteiger partial charge on any atom is 0.251 e. The molecule has 2 rings (SSSR count). The number of nitrogens with zero attached hydrogens (tertiary/aromatic N) is 1. The van der Waals surface area contributed by atoms with Crippen molar-refractivity contribution in [3.05, 3.63) is 27.9 Å². The number of hydrogen-bond donors (Lipinski definition) is 3. The Morgan fingerprint density at radius 2 is 2.33 bits per heavy atom. The summed E-state index contributed by atoms with van der Waals surface area (Å²) in [7, 11) is 1.62. The van der Waals surface area contributed by atoms with Gasteiger partial charge in [0.25, 0.3) is 5.56 Å². The third-order valence-corrected chi connectivity index (χ3v) is 3.87. The van der Waals surface area contributed by atoms with E-state index in [0.717, 1.165) is 12.8 Å². The first kappa shape index (κ1) is 15.7. The lowest BCUT2D eigenvalue weighted by atomic mass is 9.83. The van der Waals surface area contributed by atoms with Crippen molar-refractivity contribution in [3.8, 4) is 0 Å². The van der Waals surface area contributed by atoms with Crippen molar-refractivity contribution in [3.63, 3.8) is 0 Å². The summed E-state index contributed by atoms with van der Waals surface area (Å²) in [5.74, 6) is 0.399. The second-order valence-corrected chi connectivity index (χ2v) is 5.49. The Kier molecular flexibility index (Phi) is 5.08. The van der Waals surface area contributed by atoms with Crippen LogP contribution >= 0.6 is 0 Å². The van der Waals surface area contributed by atoms with Gasteiger partial charge < -0.3 is 20.8 Å². The van der Waals surface area contributed by atoms with Crippen molar-refractivity contribution in [2.24, 2.45) is 11.7 Å². The van der Waals surface area contributed by atoms with Gasteiger partial charge in [0.2, 0.25) is 5.91 Å². The highest BCUT2D eigenvalue weighted by atomic mass is 16.5. The minimum atomic E-state index is -0.213. The van der Waals surface area contributed by atoms with E-state index in [9.17, 15) is 9.59 Å². The summed E-state index contributed by atoms with van der Waals surface area (Å²) >= 11 is 0. The lowest BCUT2D eigenvalue weighted by molar-refractivity contribution is -0.128. The van der Waals surface area contributed by atoms with Gasteiger partial charge >= 0.3 is 0 Å². The third-order valence-electron chi connectivity index (χ3n) is 3.87. The number of H-pyrrole nitrogens is 1. The fraction of sp³-hybridized carbons (Fsp3) is 0.643. The molecular formula is C14H22N4O3. The number of amides is 1. The number of ether oxygens (including phenoxy) is 1. The molecule has 21 heavy (non-hydrogen) atoms. The molecule has 0 aliphatic heterocycles. The van der Waals surface area contributed by atoms with Gasteiger partial charge in [0.1, 0.15) is 5.82 Å². The van der Waals surface area contributed by atoms with E-state index in [0.29, 0.717) is 17.9 Å². The van der Waals surface area contributed by atoms with Gasteiger partial charge in [-0.1, -0.05) is 0 Å². The highest BCUT2D eigenvalue weighted by Gasteiger charge is 2.31. The fourth-order valence-corrected chi connectivity index (χ4v) is 2.72. The highest BCUT2D eigenvalue weighted by Crippen LogP contribution is 2.25. The minimum Gasteiger partial charge on any atom is -0.380 e. The average Bonchev–Trinajstić information content (AvgIpc) is 2.44. The van der Waals surface area contributed by atoms with Crippen molar-refractivity contribution < 1.29 is 9.53 Å². The maximum atomic E-state index is 12.2. The van der Waals surface area contributed by atoms with Crippen LogP contribution in [-0.4, -0.2) is 35.1 Å². The van der Waals surface area contributed by atoms with Crippen LogP contribution in [0.25, 0.3) is 0 Å². The summed E-state index contributed by atoms with van der Waals surface area (Å²) in [6.45, 7) is 1.96. The quantitative estimate of drug-likeness (QED) is 0.714. The zero-order valence-electron chi connectivity index (χ0n) is 12.4.